The minimum Gasteiger partial charge on any atom is -0.460 e. The fourth-order valence-electron chi connectivity index (χ4n) is 5.15. The summed E-state index contributed by atoms with van der Waals surface area (Å²) >= 11 is 0. The van der Waals surface area contributed by atoms with Crippen LogP contribution in [0.1, 0.15) is 60.7 Å². The Balaban J connectivity index is 1.75. The Morgan fingerprint density at radius 3 is 2.59 bits per heavy atom. The van der Waals surface area contributed by atoms with Crippen LogP contribution in [0.5, 0.6) is 5.75 Å². The van der Waals surface area contributed by atoms with Crippen molar-refractivity contribution in [2.45, 2.75) is 58.5 Å². The van der Waals surface area contributed by atoms with Gasteiger partial charge in [0.2, 0.25) is 6.73 Å². The van der Waals surface area contributed by atoms with Crippen molar-refractivity contribution >= 4 is 27.5 Å². The largest absolute Gasteiger partial charge is 0.460 e. The number of hydrogen-bond donors (Lipinski definition) is 1. The number of hydrogen-bond acceptors (Lipinski definition) is 3. The van der Waals surface area contributed by atoms with Crippen molar-refractivity contribution in [3.05, 3.63) is 41.2 Å². The number of ether oxygens (including phenoxy) is 1. The Morgan fingerprint density at radius 2 is 1.85 bits per heavy atom. The Hall–Kier alpha value is -2.33. The van der Waals surface area contributed by atoms with E-state index in [1.165, 1.54) is 37.0 Å². The Kier molecular flexibility index (Phi) is 3.97. The van der Waals surface area contributed by atoms with Gasteiger partial charge in [-0.05, 0) is 39.5 Å². The Morgan fingerprint density at radius 1 is 1.11 bits per heavy atom. The van der Waals surface area contributed by atoms with Gasteiger partial charge in [-0.25, -0.2) is 0 Å². The second-order valence-electron chi connectivity index (χ2n) is 8.11. The molecule has 5 rings (SSSR count). The van der Waals surface area contributed by atoms with Crippen molar-refractivity contribution in [2.75, 3.05) is 6.73 Å². The van der Waals surface area contributed by atoms with E-state index >= 15 is 0 Å². The molecule has 27 heavy (non-hydrogen) atoms. The molecule has 1 atom stereocenters. The van der Waals surface area contributed by atoms with Gasteiger partial charge < -0.3 is 9.15 Å². The summed E-state index contributed by atoms with van der Waals surface area (Å²) in [4.78, 5) is 13.9. The first-order chi connectivity index (χ1) is 13.1. The molecule has 1 aliphatic heterocycles. The number of carbonyl (C=O) groups excluding carboxylic acids is 1. The van der Waals surface area contributed by atoms with Gasteiger partial charge in [0.05, 0.1) is 17.2 Å². The molecule has 1 aliphatic carbocycles. The standard InChI is InChI=1S/C23H25NO3/c1-14(25)20-15(2)27-23-18-11-7-6-10-17(18)22-19(21(20)23)12-24(13-26-22)16-8-4-3-5-9-16/h6-7,10-11,16H,3-5,8-9,12-13H2,1-2H3/p+1. The number of carbonyl (C=O) groups is 1. The Bertz CT molecular complexity index is 1040. The molecule has 4 nitrogen and oxygen atoms in total. The van der Waals surface area contributed by atoms with Crippen LogP contribution in [0.25, 0.3) is 21.7 Å². The van der Waals surface area contributed by atoms with Gasteiger partial charge in [-0.2, -0.15) is 0 Å². The van der Waals surface area contributed by atoms with E-state index in [0.717, 1.165) is 45.2 Å². The zero-order valence-corrected chi connectivity index (χ0v) is 16.1. The fraction of sp³-hybridized carbons (Fsp3) is 0.435. The summed E-state index contributed by atoms with van der Waals surface area (Å²) in [5, 5.41) is 3.09. The van der Waals surface area contributed by atoms with Gasteiger partial charge in [0.1, 0.15) is 23.6 Å². The van der Waals surface area contributed by atoms with Gasteiger partial charge in [0.15, 0.2) is 5.78 Å². The molecular formula is C23H26NO3+. The number of quaternary nitrogens is 1. The van der Waals surface area contributed by atoms with E-state index in [2.05, 4.69) is 12.1 Å². The second kappa shape index (κ2) is 6.38. The molecule has 0 saturated heterocycles. The molecule has 2 aliphatic rings. The maximum absolute atomic E-state index is 12.4. The van der Waals surface area contributed by atoms with Crippen LogP contribution in [0.15, 0.2) is 28.7 Å². The van der Waals surface area contributed by atoms with Crippen LogP contribution in [0.4, 0.5) is 0 Å². The molecule has 1 saturated carbocycles. The van der Waals surface area contributed by atoms with Crippen molar-refractivity contribution in [3.8, 4) is 5.75 Å². The van der Waals surface area contributed by atoms with E-state index < -0.39 is 0 Å². The van der Waals surface area contributed by atoms with E-state index in [9.17, 15) is 4.79 Å². The monoisotopic (exact) mass is 364 g/mol. The molecule has 3 aromatic rings. The highest BCUT2D eigenvalue weighted by molar-refractivity contribution is 6.17. The van der Waals surface area contributed by atoms with Crippen LogP contribution in [-0.4, -0.2) is 18.6 Å². The first-order valence-corrected chi connectivity index (χ1v) is 10.1. The molecular weight excluding hydrogens is 338 g/mol. The number of rotatable bonds is 2. The van der Waals surface area contributed by atoms with Crippen LogP contribution in [0, 0.1) is 6.92 Å². The summed E-state index contributed by atoms with van der Waals surface area (Å²) in [6, 6.07) is 8.88. The molecule has 0 amide bonds. The van der Waals surface area contributed by atoms with Crippen LogP contribution in [0.3, 0.4) is 0 Å². The smallest absolute Gasteiger partial charge is 0.222 e. The third-order valence-corrected chi connectivity index (χ3v) is 6.42. The summed E-state index contributed by atoms with van der Waals surface area (Å²) in [6.07, 6.45) is 6.53. The lowest BCUT2D eigenvalue weighted by Gasteiger charge is -2.35. The molecule has 0 spiro atoms. The molecule has 4 heteroatoms. The summed E-state index contributed by atoms with van der Waals surface area (Å²) in [7, 11) is 0. The van der Waals surface area contributed by atoms with Gasteiger partial charge in [-0.1, -0.05) is 30.7 Å². The highest BCUT2D eigenvalue weighted by Gasteiger charge is 2.34. The van der Waals surface area contributed by atoms with Gasteiger partial charge >= 0.3 is 0 Å². The van der Waals surface area contributed by atoms with E-state index in [1.807, 2.05) is 19.1 Å². The quantitative estimate of drug-likeness (QED) is 0.694. The van der Waals surface area contributed by atoms with Crippen LogP contribution >= 0.6 is 0 Å². The van der Waals surface area contributed by atoms with Gasteiger partial charge in [0, 0.05) is 16.2 Å². The lowest BCUT2D eigenvalue weighted by Crippen LogP contribution is -3.16. The Labute approximate surface area is 159 Å². The predicted octanol–water partition coefficient (Wildman–Crippen LogP) is 4.16. The molecule has 1 fully saturated rings. The van der Waals surface area contributed by atoms with Crippen LogP contribution < -0.4 is 9.64 Å². The van der Waals surface area contributed by atoms with E-state index in [0.29, 0.717) is 18.5 Å². The lowest BCUT2D eigenvalue weighted by atomic mass is 9.92. The third-order valence-electron chi connectivity index (χ3n) is 6.42. The minimum absolute atomic E-state index is 0.0634. The maximum atomic E-state index is 12.4. The average molecular weight is 364 g/mol. The predicted molar refractivity (Wildman–Crippen MR) is 105 cm³/mol. The maximum Gasteiger partial charge on any atom is 0.222 e. The van der Waals surface area contributed by atoms with E-state index in [-0.39, 0.29) is 5.78 Å². The molecule has 0 bridgehead atoms. The number of aryl methyl sites for hydroxylation is 1. The molecule has 1 aromatic heterocycles. The lowest BCUT2D eigenvalue weighted by molar-refractivity contribution is -0.957. The first kappa shape index (κ1) is 16.8. The fourth-order valence-corrected chi connectivity index (χ4v) is 5.15. The number of benzene rings is 2. The van der Waals surface area contributed by atoms with Crippen molar-refractivity contribution in [1.82, 2.24) is 0 Å². The summed E-state index contributed by atoms with van der Waals surface area (Å²) in [6.45, 7) is 5.14. The first-order valence-electron chi connectivity index (χ1n) is 10.1. The highest BCUT2D eigenvalue weighted by Crippen LogP contribution is 2.42. The van der Waals surface area contributed by atoms with Crippen LogP contribution in [-0.2, 0) is 6.54 Å². The van der Waals surface area contributed by atoms with Gasteiger partial charge in [-0.15, -0.1) is 0 Å². The van der Waals surface area contributed by atoms with Gasteiger partial charge in [0.25, 0.3) is 0 Å². The molecule has 0 radical (unpaired) electrons. The van der Waals surface area contributed by atoms with Crippen LogP contribution in [0.2, 0.25) is 0 Å². The van der Waals surface area contributed by atoms with E-state index in [4.69, 9.17) is 9.15 Å². The number of ketones is 1. The third kappa shape index (κ3) is 2.58. The van der Waals surface area contributed by atoms with Gasteiger partial charge in [-0.3, -0.25) is 9.69 Å². The normalized spacial score (nSPS) is 20.6. The van der Waals surface area contributed by atoms with Crippen molar-refractivity contribution in [1.29, 1.82) is 0 Å². The zero-order chi connectivity index (χ0) is 18.5. The minimum atomic E-state index is 0.0634. The molecule has 140 valence electrons. The second-order valence-corrected chi connectivity index (χ2v) is 8.11. The number of furan rings is 1. The number of fused-ring (bicyclic) bond motifs is 6. The SMILES string of the molecule is CC(=O)c1c(C)oc2c1c1c(c3ccccc32)OC[NH+](C2CCCCC2)C1. The highest BCUT2D eigenvalue weighted by atomic mass is 16.5. The molecule has 2 aromatic carbocycles. The zero-order valence-electron chi connectivity index (χ0n) is 16.1. The van der Waals surface area contributed by atoms with Crippen molar-refractivity contribution < 1.29 is 18.8 Å². The molecule has 2 heterocycles. The average Bonchev–Trinajstić information content (AvgIpc) is 3.06. The molecule has 1 N–H and O–H groups in total. The summed E-state index contributed by atoms with van der Waals surface area (Å²) in [5.41, 5.74) is 2.71. The van der Waals surface area contributed by atoms with Crippen molar-refractivity contribution in [3.63, 3.8) is 0 Å². The van der Waals surface area contributed by atoms with Crippen molar-refractivity contribution in [2.24, 2.45) is 0 Å². The number of Topliss-reactive ketones (excluding diaryl/α,β-unsaturated/α-hetero) is 1. The summed E-state index contributed by atoms with van der Waals surface area (Å²) in [5.74, 6) is 1.72. The topological polar surface area (TPSA) is 43.9 Å². The summed E-state index contributed by atoms with van der Waals surface area (Å²) < 4.78 is 12.5. The molecule has 1 unspecified atom stereocenters. The van der Waals surface area contributed by atoms with E-state index in [1.54, 1.807) is 6.92 Å². The number of nitrogens with one attached hydrogen (secondary N) is 1.